The lowest BCUT2D eigenvalue weighted by molar-refractivity contribution is 1.10. The van der Waals surface area contributed by atoms with Gasteiger partial charge in [-0.3, -0.25) is 0 Å². The third-order valence-corrected chi connectivity index (χ3v) is 2.10. The molecule has 0 spiro atoms. The Kier molecular flexibility index (Phi) is 1.38. The lowest BCUT2D eigenvalue weighted by Crippen LogP contribution is -1.90. The monoisotopic (exact) mass is 198 g/mol. The van der Waals surface area contributed by atoms with Gasteiger partial charge in [-0.1, -0.05) is 0 Å². The van der Waals surface area contributed by atoms with E-state index in [9.17, 15) is 0 Å². The van der Waals surface area contributed by atoms with E-state index in [1.165, 1.54) is 11.3 Å². The maximum absolute atomic E-state index is 4.10. The number of nitrogens with one attached hydrogen (secondary N) is 1. The number of fused-ring (bicyclic) bond motifs is 1. The second-order valence-electron chi connectivity index (χ2n) is 2.34. The topological polar surface area (TPSA) is 24.9 Å². The molecule has 0 fully saturated rings. The van der Waals surface area contributed by atoms with Crippen LogP contribution in [0.3, 0.4) is 0 Å². The Labute approximate surface area is 67.8 Å². The molecule has 3 heteroatoms. The summed E-state index contributed by atoms with van der Waals surface area (Å²) in [7, 11) is 0. The molecule has 2 nitrogen and oxygen atoms in total. The zero-order valence-corrected chi connectivity index (χ0v) is 6.98. The molecule has 10 heavy (non-hydrogen) atoms. The Morgan fingerprint density at radius 2 is 2.50 bits per heavy atom. The summed E-state index contributed by atoms with van der Waals surface area (Å²) in [5.74, 6) is 0. The van der Waals surface area contributed by atoms with Gasteiger partial charge in [-0.15, -0.1) is 0 Å². The zero-order chi connectivity index (χ0) is 6.97. The van der Waals surface area contributed by atoms with E-state index >= 15 is 0 Å². The van der Waals surface area contributed by atoms with E-state index in [-0.39, 0.29) is 0 Å². The van der Waals surface area contributed by atoms with Crippen LogP contribution in [0.15, 0.2) is 16.9 Å². The Morgan fingerprint density at radius 1 is 1.60 bits per heavy atom. The van der Waals surface area contributed by atoms with Crippen molar-refractivity contribution < 1.29 is 0 Å². The molecule has 0 amide bonds. The van der Waals surface area contributed by atoms with Crippen molar-refractivity contribution in [1.29, 1.82) is 0 Å². The molecule has 1 aliphatic rings. The molecular formula is C7H7BrN2. The molecular weight excluding hydrogens is 192 g/mol. The van der Waals surface area contributed by atoms with Crippen molar-refractivity contribution in [3.8, 4) is 0 Å². The minimum atomic E-state index is 0.926. The molecule has 0 radical (unpaired) electrons. The number of hydrogen-bond acceptors (Lipinski definition) is 2. The summed E-state index contributed by atoms with van der Waals surface area (Å²) in [5.41, 5.74) is 2.55. The van der Waals surface area contributed by atoms with Gasteiger partial charge in [-0.25, -0.2) is 4.98 Å². The number of pyridine rings is 1. The molecule has 2 heterocycles. The molecule has 52 valence electrons. The van der Waals surface area contributed by atoms with Crippen LogP contribution in [0.2, 0.25) is 0 Å². The zero-order valence-electron chi connectivity index (χ0n) is 5.39. The average Bonchev–Trinajstić information content (AvgIpc) is 2.33. The fourth-order valence-corrected chi connectivity index (χ4v) is 1.54. The summed E-state index contributed by atoms with van der Waals surface area (Å²) in [6.07, 6.45) is 2.99. The minimum Gasteiger partial charge on any atom is -0.383 e. The van der Waals surface area contributed by atoms with Crippen LogP contribution >= 0.6 is 15.9 Å². The van der Waals surface area contributed by atoms with Gasteiger partial charge < -0.3 is 5.32 Å². The first kappa shape index (κ1) is 6.16. The van der Waals surface area contributed by atoms with Crippen molar-refractivity contribution in [2.24, 2.45) is 0 Å². The van der Waals surface area contributed by atoms with Gasteiger partial charge in [0.05, 0.1) is 11.9 Å². The van der Waals surface area contributed by atoms with Crippen LogP contribution in [0.1, 0.15) is 5.56 Å². The highest BCUT2D eigenvalue weighted by Crippen LogP contribution is 2.22. The maximum atomic E-state index is 4.10. The van der Waals surface area contributed by atoms with Gasteiger partial charge in [0.1, 0.15) is 4.60 Å². The average molecular weight is 199 g/mol. The van der Waals surface area contributed by atoms with E-state index in [4.69, 9.17) is 0 Å². The number of anilines is 1. The van der Waals surface area contributed by atoms with E-state index < -0.39 is 0 Å². The van der Waals surface area contributed by atoms with Crippen LogP contribution in [-0.2, 0) is 6.42 Å². The quantitative estimate of drug-likeness (QED) is 0.644. The van der Waals surface area contributed by atoms with E-state index in [1.807, 2.05) is 6.20 Å². The summed E-state index contributed by atoms with van der Waals surface area (Å²) < 4.78 is 0.926. The van der Waals surface area contributed by atoms with Crippen LogP contribution in [0, 0.1) is 0 Å². The highest BCUT2D eigenvalue weighted by Gasteiger charge is 2.09. The number of rotatable bonds is 0. The van der Waals surface area contributed by atoms with E-state index in [2.05, 4.69) is 32.3 Å². The predicted molar refractivity (Wildman–Crippen MR) is 44.1 cm³/mol. The van der Waals surface area contributed by atoms with Crippen molar-refractivity contribution in [3.63, 3.8) is 0 Å². The van der Waals surface area contributed by atoms with Crippen LogP contribution in [0.4, 0.5) is 5.69 Å². The smallest absolute Gasteiger partial charge is 0.106 e. The highest BCUT2D eigenvalue weighted by atomic mass is 79.9. The van der Waals surface area contributed by atoms with Gasteiger partial charge in [-0.05, 0) is 34.0 Å². The fourth-order valence-electron chi connectivity index (χ4n) is 1.17. The molecule has 0 saturated carbocycles. The minimum absolute atomic E-state index is 0.926. The van der Waals surface area contributed by atoms with Gasteiger partial charge >= 0.3 is 0 Å². The molecule has 1 aromatic rings. The van der Waals surface area contributed by atoms with Gasteiger partial charge in [0, 0.05) is 6.54 Å². The molecule has 0 unspecified atom stereocenters. The van der Waals surface area contributed by atoms with Crippen molar-refractivity contribution in [2.75, 3.05) is 11.9 Å². The van der Waals surface area contributed by atoms with Crippen molar-refractivity contribution >= 4 is 21.6 Å². The number of hydrogen-bond donors (Lipinski definition) is 1. The molecule has 0 aliphatic carbocycles. The summed E-state index contributed by atoms with van der Waals surface area (Å²) in [6, 6.07) is 2.06. The van der Waals surface area contributed by atoms with Crippen molar-refractivity contribution in [3.05, 3.63) is 22.4 Å². The first-order valence-electron chi connectivity index (χ1n) is 3.24. The Morgan fingerprint density at radius 3 is 3.40 bits per heavy atom. The van der Waals surface area contributed by atoms with Crippen LogP contribution in [0.5, 0.6) is 0 Å². The largest absolute Gasteiger partial charge is 0.383 e. The summed E-state index contributed by atoms with van der Waals surface area (Å²) >= 11 is 3.33. The molecule has 1 aliphatic heterocycles. The number of nitrogens with zero attached hydrogens (tertiary/aromatic N) is 1. The highest BCUT2D eigenvalue weighted by molar-refractivity contribution is 9.10. The molecule has 0 atom stereocenters. The van der Waals surface area contributed by atoms with E-state index in [1.54, 1.807) is 0 Å². The first-order chi connectivity index (χ1) is 4.86. The standard InChI is InChI=1S/C7H7BrN2/c8-7-3-5-1-2-9-6(5)4-10-7/h3-4,9H,1-2H2. The third-order valence-electron chi connectivity index (χ3n) is 1.67. The lowest BCUT2D eigenvalue weighted by atomic mass is 10.2. The van der Waals surface area contributed by atoms with Gasteiger partial charge in [0.2, 0.25) is 0 Å². The normalized spacial score (nSPS) is 14.5. The Balaban J connectivity index is 2.52. The SMILES string of the molecule is Brc1cc2c(cn1)NCC2. The third kappa shape index (κ3) is 0.904. The second-order valence-corrected chi connectivity index (χ2v) is 3.15. The number of aromatic nitrogens is 1. The van der Waals surface area contributed by atoms with Crippen molar-refractivity contribution in [2.45, 2.75) is 6.42 Å². The molecule has 1 N–H and O–H groups in total. The summed E-state index contributed by atoms with van der Waals surface area (Å²) in [6.45, 7) is 1.05. The van der Waals surface area contributed by atoms with Crippen molar-refractivity contribution in [1.82, 2.24) is 4.98 Å². The Bertz CT molecular complexity index is 260. The van der Waals surface area contributed by atoms with Gasteiger partial charge in [0.15, 0.2) is 0 Å². The molecule has 1 aromatic heterocycles. The molecule has 0 saturated heterocycles. The number of halogens is 1. The summed E-state index contributed by atoms with van der Waals surface area (Å²) in [4.78, 5) is 4.10. The molecule has 2 rings (SSSR count). The van der Waals surface area contributed by atoms with Gasteiger partial charge in [-0.2, -0.15) is 0 Å². The fraction of sp³-hybridized carbons (Fsp3) is 0.286. The first-order valence-corrected chi connectivity index (χ1v) is 4.04. The molecule has 0 aromatic carbocycles. The van der Waals surface area contributed by atoms with Crippen LogP contribution < -0.4 is 5.32 Å². The second kappa shape index (κ2) is 2.23. The van der Waals surface area contributed by atoms with Gasteiger partial charge in [0.25, 0.3) is 0 Å². The van der Waals surface area contributed by atoms with E-state index in [0.717, 1.165) is 17.6 Å². The predicted octanol–water partition coefficient (Wildman–Crippen LogP) is 1.81. The van der Waals surface area contributed by atoms with Crippen LogP contribution in [-0.4, -0.2) is 11.5 Å². The van der Waals surface area contributed by atoms with E-state index in [0.29, 0.717) is 0 Å². The maximum Gasteiger partial charge on any atom is 0.106 e. The van der Waals surface area contributed by atoms with Crippen LogP contribution in [0.25, 0.3) is 0 Å². The summed E-state index contributed by atoms with van der Waals surface area (Å²) in [5, 5.41) is 3.24. The molecule has 0 bridgehead atoms. The Hall–Kier alpha value is -0.570. The lowest BCUT2D eigenvalue weighted by Gasteiger charge is -1.96.